The smallest absolute Gasteiger partial charge is 0.333 e. The van der Waals surface area contributed by atoms with Gasteiger partial charge in [-0.3, -0.25) is 14.4 Å². The topological polar surface area (TPSA) is 154 Å². The molecular formula is C41H54O12. The Kier molecular flexibility index (Phi) is 11.3. The van der Waals surface area contributed by atoms with E-state index < -0.39 is 88.4 Å². The van der Waals surface area contributed by atoms with Crippen LogP contribution in [0.25, 0.3) is 0 Å². The molecule has 11 atom stereocenters. The zero-order valence-electron chi connectivity index (χ0n) is 32.7. The fourth-order valence-corrected chi connectivity index (χ4v) is 10.3. The summed E-state index contributed by atoms with van der Waals surface area (Å²) in [6.45, 7) is 17.5. The van der Waals surface area contributed by atoms with Crippen molar-refractivity contribution >= 4 is 29.8 Å². The lowest BCUT2D eigenvalue weighted by molar-refractivity contribution is -0.260. The third-order valence-corrected chi connectivity index (χ3v) is 13.0. The standard InChI is InChI=1S/C41H54O12/c1-12-21(3)37(45)52-31-18-30(51-25(7)43)39(8)20-49-34-35(39)40(31,9)29(17-32(44)47-11)41(10,36(34)53-38(46)22(4)13-2)33-23(5)27(26-14-15-48-19-26)16-28(33)50-24(6)42/h12-15,19,27-31,34-36H,16-18,20H2,1-11H3/t27-,28+,29-,30-,31+,34-,35+,36-,39-,40+,41-/m1/s1. The van der Waals surface area contributed by atoms with Crippen LogP contribution in [0.5, 0.6) is 0 Å². The normalized spacial score (nSPS) is 36.7. The van der Waals surface area contributed by atoms with Crippen molar-refractivity contribution in [1.29, 1.82) is 0 Å². The average Bonchev–Trinajstić information content (AvgIpc) is 3.84. The van der Waals surface area contributed by atoms with Crippen LogP contribution in [0.1, 0.15) is 100.0 Å². The predicted molar refractivity (Wildman–Crippen MR) is 191 cm³/mol. The van der Waals surface area contributed by atoms with E-state index in [4.69, 9.17) is 32.8 Å². The molecule has 0 unspecified atom stereocenters. The maximum atomic E-state index is 13.9. The number of allylic oxidation sites excluding steroid dienone is 3. The van der Waals surface area contributed by atoms with Crippen molar-refractivity contribution in [2.45, 2.75) is 125 Å². The number of hydrogen-bond donors (Lipinski definition) is 0. The number of carbonyl (C=O) groups is 5. The molecule has 12 heteroatoms. The molecule has 0 amide bonds. The predicted octanol–water partition coefficient (Wildman–Crippen LogP) is 6.33. The van der Waals surface area contributed by atoms with Crippen molar-refractivity contribution in [3.8, 4) is 0 Å². The molecule has 3 fully saturated rings. The van der Waals surface area contributed by atoms with Gasteiger partial charge in [0, 0.05) is 65.9 Å². The van der Waals surface area contributed by atoms with E-state index in [-0.39, 0.29) is 25.4 Å². The molecule has 1 saturated heterocycles. The third-order valence-electron chi connectivity index (χ3n) is 13.0. The highest BCUT2D eigenvalue weighted by Gasteiger charge is 2.77. The summed E-state index contributed by atoms with van der Waals surface area (Å²) < 4.78 is 42.8. The zero-order chi connectivity index (χ0) is 39.2. The van der Waals surface area contributed by atoms with Gasteiger partial charge < -0.3 is 32.8 Å². The number of carbonyl (C=O) groups excluding carboxylic acids is 5. The highest BCUT2D eigenvalue weighted by Crippen LogP contribution is 2.72. The van der Waals surface area contributed by atoms with E-state index in [9.17, 15) is 24.0 Å². The Balaban J connectivity index is 1.87. The Hall–Kier alpha value is -4.19. The molecule has 1 aromatic rings. The Morgan fingerprint density at radius 2 is 1.49 bits per heavy atom. The molecule has 1 aliphatic heterocycles. The third kappa shape index (κ3) is 6.65. The van der Waals surface area contributed by atoms with Gasteiger partial charge >= 0.3 is 29.8 Å². The lowest BCUT2D eigenvalue weighted by atomic mass is 9.39. The molecule has 12 nitrogen and oxygen atoms in total. The van der Waals surface area contributed by atoms with Crippen molar-refractivity contribution in [3.05, 3.63) is 58.6 Å². The number of ether oxygens (including phenoxy) is 6. The van der Waals surface area contributed by atoms with E-state index in [0.29, 0.717) is 23.1 Å². The zero-order valence-corrected chi connectivity index (χ0v) is 32.7. The van der Waals surface area contributed by atoms with Crippen molar-refractivity contribution in [2.75, 3.05) is 13.7 Å². The second-order valence-electron chi connectivity index (χ2n) is 15.8. The van der Waals surface area contributed by atoms with Crippen LogP contribution in [0, 0.1) is 28.1 Å². The van der Waals surface area contributed by atoms with Gasteiger partial charge in [-0.05, 0) is 64.2 Å². The molecule has 0 N–H and O–H groups in total. The Morgan fingerprint density at radius 1 is 0.868 bits per heavy atom. The van der Waals surface area contributed by atoms with Gasteiger partial charge in [0.15, 0.2) is 0 Å². The van der Waals surface area contributed by atoms with E-state index >= 15 is 0 Å². The average molecular weight is 739 g/mol. The molecule has 53 heavy (non-hydrogen) atoms. The summed E-state index contributed by atoms with van der Waals surface area (Å²) in [5, 5.41) is 0. The second-order valence-corrected chi connectivity index (χ2v) is 15.8. The van der Waals surface area contributed by atoms with Crippen LogP contribution in [0.3, 0.4) is 0 Å². The number of methoxy groups -OCH3 is 1. The minimum atomic E-state index is -1.28. The first-order chi connectivity index (χ1) is 24.9. The first kappa shape index (κ1) is 40.0. The molecule has 4 aliphatic rings. The van der Waals surface area contributed by atoms with Crippen LogP contribution in [-0.2, 0) is 52.4 Å². The Bertz CT molecular complexity index is 1720. The lowest BCUT2D eigenvalue weighted by Crippen LogP contribution is -2.72. The van der Waals surface area contributed by atoms with Crippen LogP contribution in [0.2, 0.25) is 0 Å². The van der Waals surface area contributed by atoms with Gasteiger partial charge in [-0.15, -0.1) is 0 Å². The van der Waals surface area contributed by atoms with Gasteiger partial charge in [0.1, 0.15) is 24.4 Å². The molecule has 5 rings (SSSR count). The van der Waals surface area contributed by atoms with Gasteiger partial charge in [-0.2, -0.15) is 0 Å². The summed E-state index contributed by atoms with van der Waals surface area (Å²) in [6.07, 6.45) is 2.59. The van der Waals surface area contributed by atoms with Gasteiger partial charge in [-0.1, -0.05) is 38.5 Å². The number of furan rings is 1. The fraction of sp³-hybridized carbons (Fsp3) is 0.634. The lowest BCUT2D eigenvalue weighted by Gasteiger charge is -2.66. The Morgan fingerprint density at radius 3 is 2.04 bits per heavy atom. The summed E-state index contributed by atoms with van der Waals surface area (Å²) in [7, 11) is 1.31. The van der Waals surface area contributed by atoms with Crippen molar-refractivity contribution < 1.29 is 56.8 Å². The van der Waals surface area contributed by atoms with Gasteiger partial charge in [0.2, 0.25) is 0 Å². The maximum Gasteiger partial charge on any atom is 0.333 e. The van der Waals surface area contributed by atoms with Gasteiger partial charge in [0.05, 0.1) is 32.3 Å². The van der Waals surface area contributed by atoms with Gasteiger partial charge in [0.25, 0.3) is 0 Å². The summed E-state index contributed by atoms with van der Waals surface area (Å²) in [6, 6.07) is 1.86. The molecule has 0 bridgehead atoms. The quantitative estimate of drug-likeness (QED) is 0.114. The summed E-state index contributed by atoms with van der Waals surface area (Å²) in [5.41, 5.74) is -0.0318. The van der Waals surface area contributed by atoms with Crippen molar-refractivity contribution in [2.24, 2.45) is 28.1 Å². The van der Waals surface area contributed by atoms with Crippen LogP contribution >= 0.6 is 0 Å². The minimum absolute atomic E-state index is 0.126. The summed E-state index contributed by atoms with van der Waals surface area (Å²) in [4.78, 5) is 66.8. The molecule has 2 saturated carbocycles. The van der Waals surface area contributed by atoms with Crippen LogP contribution in [0.4, 0.5) is 0 Å². The highest BCUT2D eigenvalue weighted by molar-refractivity contribution is 5.88. The second kappa shape index (κ2) is 14.9. The van der Waals surface area contributed by atoms with Crippen molar-refractivity contribution in [1.82, 2.24) is 0 Å². The molecule has 0 radical (unpaired) electrons. The van der Waals surface area contributed by atoms with E-state index in [0.717, 1.165) is 11.1 Å². The summed E-state index contributed by atoms with van der Waals surface area (Å²) in [5.74, 6) is -4.22. The first-order valence-corrected chi connectivity index (χ1v) is 18.3. The maximum absolute atomic E-state index is 13.9. The fourth-order valence-electron chi connectivity index (χ4n) is 10.3. The van der Waals surface area contributed by atoms with Crippen LogP contribution in [-0.4, -0.2) is 74.1 Å². The van der Waals surface area contributed by atoms with E-state index in [1.807, 2.05) is 33.8 Å². The van der Waals surface area contributed by atoms with Crippen LogP contribution < -0.4 is 0 Å². The van der Waals surface area contributed by atoms with E-state index in [1.54, 1.807) is 52.4 Å². The molecule has 0 spiro atoms. The van der Waals surface area contributed by atoms with Crippen LogP contribution in [0.15, 0.2) is 57.5 Å². The SMILES string of the molecule is CC=C(C)C(=O)O[C@@H]1[C@@H]2OC[C@]3(C)[C@H](OC(C)=O)C[C@H](OC(=O)C(C)=CC)[C@@](C)([C@@H]23)[C@@H](CC(=O)OC)[C@]1(C)C1=C(C)[C@H](c2ccoc2)C[C@@H]1OC(C)=O. The first-order valence-electron chi connectivity index (χ1n) is 18.3. The minimum Gasteiger partial charge on any atom is -0.472 e. The molecule has 2 heterocycles. The van der Waals surface area contributed by atoms with E-state index in [2.05, 4.69) is 0 Å². The van der Waals surface area contributed by atoms with E-state index in [1.165, 1.54) is 21.0 Å². The number of rotatable bonds is 10. The molecule has 3 aliphatic carbocycles. The Labute approximate surface area is 311 Å². The van der Waals surface area contributed by atoms with Crippen molar-refractivity contribution in [3.63, 3.8) is 0 Å². The summed E-state index contributed by atoms with van der Waals surface area (Å²) >= 11 is 0. The number of esters is 5. The molecule has 290 valence electrons. The highest BCUT2D eigenvalue weighted by atomic mass is 16.6. The monoisotopic (exact) mass is 738 g/mol. The largest absolute Gasteiger partial charge is 0.472 e. The van der Waals surface area contributed by atoms with Gasteiger partial charge in [-0.25, -0.2) is 9.59 Å². The molecule has 1 aromatic heterocycles. The molecular weight excluding hydrogens is 684 g/mol. The number of hydrogen-bond acceptors (Lipinski definition) is 12. The molecule has 0 aromatic carbocycles.